The maximum atomic E-state index is 12.6. The normalized spacial score (nSPS) is 12.2. The van der Waals surface area contributed by atoms with E-state index >= 15 is 0 Å². The van der Waals surface area contributed by atoms with Crippen LogP contribution in [0.3, 0.4) is 0 Å². The summed E-state index contributed by atoms with van der Waals surface area (Å²) in [5, 5.41) is 9.02. The second-order valence-electron chi connectivity index (χ2n) is 4.59. The molecule has 0 aliphatic heterocycles. The summed E-state index contributed by atoms with van der Waals surface area (Å²) >= 11 is 0. The fraction of sp³-hybridized carbons (Fsp3) is 0.417. The summed E-state index contributed by atoms with van der Waals surface area (Å²) in [5.41, 5.74) is -1.57. The first kappa shape index (κ1) is 17.3. The minimum Gasteiger partial charge on any atom is -0.478 e. The van der Waals surface area contributed by atoms with E-state index in [9.17, 15) is 26.4 Å². The highest BCUT2D eigenvalue weighted by Crippen LogP contribution is 2.32. The van der Waals surface area contributed by atoms with Gasteiger partial charge in [0.15, 0.2) is 0 Å². The summed E-state index contributed by atoms with van der Waals surface area (Å²) in [5.74, 6) is -1.74. The molecule has 0 bridgehead atoms. The van der Waals surface area contributed by atoms with Crippen molar-refractivity contribution in [2.75, 3.05) is 30.5 Å². The zero-order valence-corrected chi connectivity index (χ0v) is 12.1. The van der Waals surface area contributed by atoms with Gasteiger partial charge in [-0.05, 0) is 18.2 Å². The van der Waals surface area contributed by atoms with Crippen LogP contribution in [0, 0.1) is 0 Å². The minimum absolute atomic E-state index is 0.0233. The predicted molar refractivity (Wildman–Crippen MR) is 71.4 cm³/mol. The average Bonchev–Trinajstić information content (AvgIpc) is 2.33. The van der Waals surface area contributed by atoms with Crippen LogP contribution in [0.25, 0.3) is 0 Å². The number of rotatable bonds is 5. The van der Waals surface area contributed by atoms with Crippen LogP contribution in [-0.4, -0.2) is 45.1 Å². The molecule has 1 aromatic rings. The van der Waals surface area contributed by atoms with Gasteiger partial charge in [0.05, 0.1) is 22.6 Å². The van der Waals surface area contributed by atoms with Crippen LogP contribution in [0.4, 0.5) is 18.9 Å². The third-order valence-electron chi connectivity index (χ3n) is 2.76. The van der Waals surface area contributed by atoms with E-state index in [-0.39, 0.29) is 18.0 Å². The lowest BCUT2D eigenvalue weighted by Crippen LogP contribution is -2.26. The van der Waals surface area contributed by atoms with Gasteiger partial charge in [-0.3, -0.25) is 0 Å². The van der Waals surface area contributed by atoms with Crippen molar-refractivity contribution in [3.05, 3.63) is 29.3 Å². The van der Waals surface area contributed by atoms with Gasteiger partial charge in [0.25, 0.3) is 0 Å². The quantitative estimate of drug-likeness (QED) is 0.895. The van der Waals surface area contributed by atoms with Crippen LogP contribution in [0.15, 0.2) is 18.2 Å². The van der Waals surface area contributed by atoms with Crippen LogP contribution in [0.1, 0.15) is 15.9 Å². The summed E-state index contributed by atoms with van der Waals surface area (Å²) in [6.07, 6.45) is -3.63. The van der Waals surface area contributed by atoms with Crippen molar-refractivity contribution >= 4 is 21.5 Å². The number of anilines is 1. The van der Waals surface area contributed by atoms with E-state index < -0.39 is 33.1 Å². The molecule has 0 saturated heterocycles. The molecule has 0 heterocycles. The van der Waals surface area contributed by atoms with E-state index in [1.807, 2.05) is 0 Å². The second kappa shape index (κ2) is 5.92. The zero-order valence-electron chi connectivity index (χ0n) is 11.3. The van der Waals surface area contributed by atoms with E-state index in [4.69, 9.17) is 5.11 Å². The lowest BCUT2D eigenvalue weighted by Gasteiger charge is -2.21. The molecule has 1 rings (SSSR count). The minimum atomic E-state index is -4.64. The van der Waals surface area contributed by atoms with Crippen molar-refractivity contribution < 1.29 is 31.5 Å². The first-order valence-corrected chi connectivity index (χ1v) is 7.81. The maximum absolute atomic E-state index is 12.6. The number of nitrogens with zero attached hydrogens (tertiary/aromatic N) is 1. The lowest BCUT2D eigenvalue weighted by atomic mass is 10.1. The Labute approximate surface area is 119 Å². The number of hydrogen-bond acceptors (Lipinski definition) is 4. The molecule has 9 heteroatoms. The number of carboxylic acids is 1. The Balaban J connectivity index is 3.15. The molecule has 0 aliphatic carbocycles. The molecule has 0 fully saturated rings. The summed E-state index contributed by atoms with van der Waals surface area (Å²) in [4.78, 5) is 12.4. The van der Waals surface area contributed by atoms with Crippen molar-refractivity contribution in [3.8, 4) is 0 Å². The summed E-state index contributed by atoms with van der Waals surface area (Å²) < 4.78 is 59.9. The van der Waals surface area contributed by atoms with Crippen LogP contribution in [0.2, 0.25) is 0 Å². The first-order valence-electron chi connectivity index (χ1n) is 5.75. The summed E-state index contributed by atoms with van der Waals surface area (Å²) in [6.45, 7) is -0.0233. The Morgan fingerprint density at radius 1 is 1.33 bits per heavy atom. The van der Waals surface area contributed by atoms with Gasteiger partial charge in [0.1, 0.15) is 9.84 Å². The Morgan fingerprint density at radius 2 is 1.90 bits per heavy atom. The first-order chi connectivity index (χ1) is 9.42. The largest absolute Gasteiger partial charge is 0.478 e. The van der Waals surface area contributed by atoms with Gasteiger partial charge in [-0.15, -0.1) is 0 Å². The number of aromatic carboxylic acids is 1. The van der Waals surface area contributed by atoms with Gasteiger partial charge in [0.2, 0.25) is 0 Å². The van der Waals surface area contributed by atoms with Gasteiger partial charge in [-0.1, -0.05) is 0 Å². The lowest BCUT2D eigenvalue weighted by molar-refractivity contribution is -0.137. The molecule has 5 nitrogen and oxygen atoms in total. The van der Waals surface area contributed by atoms with Crippen molar-refractivity contribution in [2.24, 2.45) is 0 Å². The number of halogens is 3. The third-order valence-corrected chi connectivity index (χ3v) is 3.69. The number of carbonyl (C=O) groups is 1. The topological polar surface area (TPSA) is 74.7 Å². The molecular formula is C12H14F3NO4S. The van der Waals surface area contributed by atoms with E-state index in [1.54, 1.807) is 0 Å². The number of hydrogen-bond donors (Lipinski definition) is 1. The highest BCUT2D eigenvalue weighted by molar-refractivity contribution is 7.90. The molecule has 0 spiro atoms. The van der Waals surface area contributed by atoms with Crippen LogP contribution in [0.5, 0.6) is 0 Å². The van der Waals surface area contributed by atoms with Crippen molar-refractivity contribution in [2.45, 2.75) is 6.18 Å². The molecule has 0 amide bonds. The zero-order chi connectivity index (χ0) is 16.4. The molecule has 0 aromatic heterocycles. The summed E-state index contributed by atoms with van der Waals surface area (Å²) in [6, 6.07) is 2.32. The van der Waals surface area contributed by atoms with Gasteiger partial charge >= 0.3 is 12.1 Å². The fourth-order valence-electron chi connectivity index (χ4n) is 1.64. The fourth-order valence-corrected chi connectivity index (χ4v) is 2.25. The van der Waals surface area contributed by atoms with Crippen LogP contribution < -0.4 is 4.90 Å². The number of alkyl halides is 3. The van der Waals surface area contributed by atoms with E-state index in [2.05, 4.69) is 0 Å². The number of sulfone groups is 1. The highest BCUT2D eigenvalue weighted by Gasteiger charge is 2.32. The molecule has 0 atom stereocenters. The number of benzene rings is 1. The standard InChI is InChI=1S/C12H14F3NO4S/c1-16(5-6-21(2,19)20)10-4-3-8(12(13,14)15)7-9(10)11(17)18/h3-4,7H,5-6H2,1-2H3,(H,17,18). The van der Waals surface area contributed by atoms with Crippen molar-refractivity contribution in [3.63, 3.8) is 0 Å². The van der Waals surface area contributed by atoms with Gasteiger partial charge in [0, 0.05) is 19.8 Å². The molecule has 1 N–H and O–H groups in total. The molecule has 0 unspecified atom stereocenters. The molecule has 0 aliphatic rings. The Hall–Kier alpha value is -1.77. The molecular weight excluding hydrogens is 311 g/mol. The summed E-state index contributed by atoms with van der Waals surface area (Å²) in [7, 11) is -1.84. The van der Waals surface area contributed by atoms with E-state index in [1.165, 1.54) is 11.9 Å². The van der Waals surface area contributed by atoms with Gasteiger partial charge in [-0.25, -0.2) is 13.2 Å². The molecule has 21 heavy (non-hydrogen) atoms. The monoisotopic (exact) mass is 325 g/mol. The smallest absolute Gasteiger partial charge is 0.416 e. The Kier molecular flexibility index (Phi) is 4.87. The van der Waals surface area contributed by atoms with Crippen molar-refractivity contribution in [1.29, 1.82) is 0 Å². The average molecular weight is 325 g/mol. The van der Waals surface area contributed by atoms with E-state index in [0.717, 1.165) is 18.4 Å². The van der Waals surface area contributed by atoms with Crippen LogP contribution >= 0.6 is 0 Å². The third kappa shape index (κ3) is 4.92. The van der Waals surface area contributed by atoms with Crippen molar-refractivity contribution in [1.82, 2.24) is 0 Å². The van der Waals surface area contributed by atoms with E-state index in [0.29, 0.717) is 6.07 Å². The van der Waals surface area contributed by atoms with Gasteiger partial charge in [-0.2, -0.15) is 13.2 Å². The molecule has 118 valence electrons. The second-order valence-corrected chi connectivity index (χ2v) is 6.85. The molecule has 0 saturated carbocycles. The number of carboxylic acid groups (broad SMARTS) is 1. The molecule has 0 radical (unpaired) electrons. The maximum Gasteiger partial charge on any atom is 0.416 e. The Bertz CT molecular complexity index is 640. The van der Waals surface area contributed by atoms with Gasteiger partial charge < -0.3 is 10.0 Å². The Morgan fingerprint density at radius 3 is 2.33 bits per heavy atom. The molecule has 1 aromatic carbocycles. The highest BCUT2D eigenvalue weighted by atomic mass is 32.2. The predicted octanol–water partition coefficient (Wildman–Crippen LogP) is 1.88. The van der Waals surface area contributed by atoms with Crippen LogP contribution in [-0.2, 0) is 16.0 Å². The SMILES string of the molecule is CN(CCS(C)(=O)=O)c1ccc(C(F)(F)F)cc1C(=O)O.